The Morgan fingerprint density at radius 1 is 1.20 bits per heavy atom. The van der Waals surface area contributed by atoms with Gasteiger partial charge in [-0.3, -0.25) is 14.9 Å². The van der Waals surface area contributed by atoms with Gasteiger partial charge in [-0.2, -0.15) is 5.10 Å². The van der Waals surface area contributed by atoms with Crippen LogP contribution in [0.25, 0.3) is 11.1 Å². The first-order chi connectivity index (χ1) is 14.6. The Labute approximate surface area is 176 Å². The maximum Gasteiger partial charge on any atom is 0.261 e. The first-order valence-corrected chi connectivity index (χ1v) is 10.1. The summed E-state index contributed by atoms with van der Waals surface area (Å²) in [6.45, 7) is 4.68. The van der Waals surface area contributed by atoms with Crippen LogP contribution < -0.4 is 9.47 Å². The number of likely N-dealkylation sites (tertiary alicyclic amines) is 1. The number of aryl methyl sites for hydroxylation is 2. The third kappa shape index (κ3) is 3.87. The molecule has 4 rings (SSSR count). The van der Waals surface area contributed by atoms with E-state index in [1.165, 1.54) is 0 Å². The summed E-state index contributed by atoms with van der Waals surface area (Å²) in [5, 5.41) is 7.40. The number of amides is 1. The van der Waals surface area contributed by atoms with Gasteiger partial charge in [0, 0.05) is 24.5 Å². The predicted molar refractivity (Wildman–Crippen MR) is 113 cm³/mol. The van der Waals surface area contributed by atoms with E-state index >= 15 is 0 Å². The first-order valence-electron chi connectivity index (χ1n) is 10.1. The van der Waals surface area contributed by atoms with Gasteiger partial charge in [-0.15, -0.1) is 0 Å². The van der Waals surface area contributed by atoms with E-state index in [0.29, 0.717) is 18.0 Å². The molecule has 1 N–H and O–H groups in total. The fraction of sp³-hybridized carbons (Fsp3) is 0.348. The van der Waals surface area contributed by atoms with Crippen LogP contribution in [0.4, 0.5) is 0 Å². The van der Waals surface area contributed by atoms with E-state index in [-0.39, 0.29) is 18.6 Å². The van der Waals surface area contributed by atoms with E-state index in [1.807, 2.05) is 55.4 Å². The fourth-order valence-electron chi connectivity index (χ4n) is 4.02. The molecule has 1 aliphatic heterocycles. The predicted octanol–water partition coefficient (Wildman–Crippen LogP) is 3.84. The van der Waals surface area contributed by atoms with Crippen molar-refractivity contribution >= 4 is 5.91 Å². The zero-order valence-electron chi connectivity index (χ0n) is 17.5. The average Bonchev–Trinajstić information content (AvgIpc) is 3.42. The second-order valence-electron chi connectivity index (χ2n) is 7.58. The second-order valence-corrected chi connectivity index (χ2v) is 7.58. The van der Waals surface area contributed by atoms with Crippen LogP contribution in [0.3, 0.4) is 0 Å². The molecule has 1 aliphatic rings. The second kappa shape index (κ2) is 8.57. The van der Waals surface area contributed by atoms with Crippen molar-refractivity contribution in [1.29, 1.82) is 0 Å². The Kier molecular flexibility index (Phi) is 5.70. The number of H-pyrrole nitrogens is 1. The summed E-state index contributed by atoms with van der Waals surface area (Å²) in [5.74, 6) is 1.15. The zero-order chi connectivity index (χ0) is 21.1. The SMILES string of the molecule is COc1cc(C)ccc1OCC(=O)N1CCC[C@H]1c1[nH]ncc1-c1ccncc1C. The molecule has 1 saturated heterocycles. The molecule has 0 radical (unpaired) electrons. The van der Waals surface area contributed by atoms with Crippen LogP contribution in [0, 0.1) is 13.8 Å². The van der Waals surface area contributed by atoms with Gasteiger partial charge in [-0.1, -0.05) is 6.07 Å². The lowest BCUT2D eigenvalue weighted by atomic mass is 9.99. The van der Waals surface area contributed by atoms with Gasteiger partial charge in [0.25, 0.3) is 5.91 Å². The summed E-state index contributed by atoms with van der Waals surface area (Å²) in [6, 6.07) is 7.60. The smallest absolute Gasteiger partial charge is 0.261 e. The summed E-state index contributed by atoms with van der Waals surface area (Å²) >= 11 is 0. The molecule has 2 aromatic heterocycles. The van der Waals surface area contributed by atoms with Gasteiger partial charge < -0.3 is 14.4 Å². The third-order valence-electron chi connectivity index (χ3n) is 5.56. The minimum Gasteiger partial charge on any atom is -0.493 e. The molecule has 1 fully saturated rings. The van der Waals surface area contributed by atoms with Crippen molar-refractivity contribution in [3.63, 3.8) is 0 Å². The molecule has 7 nitrogen and oxygen atoms in total. The van der Waals surface area contributed by atoms with Crippen molar-refractivity contribution in [3.8, 4) is 22.6 Å². The van der Waals surface area contributed by atoms with Gasteiger partial charge in [0.15, 0.2) is 18.1 Å². The summed E-state index contributed by atoms with van der Waals surface area (Å²) in [6.07, 6.45) is 7.27. The Balaban J connectivity index is 1.52. The maximum atomic E-state index is 13.0. The number of pyridine rings is 1. The molecule has 1 atom stereocenters. The molecule has 156 valence electrons. The Morgan fingerprint density at radius 2 is 2.07 bits per heavy atom. The zero-order valence-corrected chi connectivity index (χ0v) is 17.5. The molecule has 1 aromatic carbocycles. The molecule has 30 heavy (non-hydrogen) atoms. The van der Waals surface area contributed by atoms with Crippen LogP contribution in [-0.2, 0) is 4.79 Å². The van der Waals surface area contributed by atoms with Crippen molar-refractivity contribution in [2.45, 2.75) is 32.7 Å². The van der Waals surface area contributed by atoms with Crippen LogP contribution in [0.1, 0.15) is 35.7 Å². The van der Waals surface area contributed by atoms with Crippen LogP contribution in [0.15, 0.2) is 42.9 Å². The van der Waals surface area contributed by atoms with Crippen LogP contribution in [0.2, 0.25) is 0 Å². The van der Waals surface area contributed by atoms with E-state index in [4.69, 9.17) is 9.47 Å². The number of benzene rings is 1. The van der Waals surface area contributed by atoms with Crippen molar-refractivity contribution in [1.82, 2.24) is 20.1 Å². The molecule has 0 spiro atoms. The molecule has 3 aromatic rings. The highest BCUT2D eigenvalue weighted by Gasteiger charge is 2.33. The quantitative estimate of drug-likeness (QED) is 0.673. The van der Waals surface area contributed by atoms with E-state index in [0.717, 1.165) is 40.8 Å². The highest BCUT2D eigenvalue weighted by Crippen LogP contribution is 2.37. The first kappa shape index (κ1) is 19.9. The third-order valence-corrected chi connectivity index (χ3v) is 5.56. The van der Waals surface area contributed by atoms with Gasteiger partial charge in [-0.25, -0.2) is 0 Å². The van der Waals surface area contributed by atoms with E-state index in [9.17, 15) is 4.79 Å². The standard InChI is InChI=1S/C23H26N4O3/c1-15-6-7-20(21(11-15)29-3)30-14-22(28)27-10-4-5-19(27)23-18(13-25-26-23)17-8-9-24-12-16(17)2/h6-9,11-13,19H,4-5,10,14H2,1-3H3,(H,25,26)/t19-/m0/s1. The number of carbonyl (C=O) groups excluding carboxylic acids is 1. The number of ether oxygens (including phenoxy) is 2. The normalized spacial score (nSPS) is 16.0. The molecule has 0 aliphatic carbocycles. The minimum absolute atomic E-state index is 0.0341. The minimum atomic E-state index is -0.0499. The Bertz CT molecular complexity index is 1050. The molecule has 0 unspecified atom stereocenters. The number of aromatic amines is 1. The Hall–Kier alpha value is -3.35. The number of hydrogen-bond acceptors (Lipinski definition) is 5. The lowest BCUT2D eigenvalue weighted by Crippen LogP contribution is -2.34. The summed E-state index contributed by atoms with van der Waals surface area (Å²) in [4.78, 5) is 19.1. The number of rotatable bonds is 6. The van der Waals surface area contributed by atoms with Crippen LogP contribution in [0.5, 0.6) is 11.5 Å². The molecule has 1 amide bonds. The number of hydrogen-bond donors (Lipinski definition) is 1. The topological polar surface area (TPSA) is 80.3 Å². The van der Waals surface area contributed by atoms with Gasteiger partial charge >= 0.3 is 0 Å². The molecule has 3 heterocycles. The van der Waals surface area contributed by atoms with Gasteiger partial charge in [0.05, 0.1) is 25.0 Å². The molecule has 0 saturated carbocycles. The molecular weight excluding hydrogens is 380 g/mol. The average molecular weight is 406 g/mol. The van der Waals surface area contributed by atoms with E-state index in [2.05, 4.69) is 15.2 Å². The van der Waals surface area contributed by atoms with Gasteiger partial charge in [0.2, 0.25) is 0 Å². The summed E-state index contributed by atoms with van der Waals surface area (Å²) < 4.78 is 11.2. The largest absolute Gasteiger partial charge is 0.493 e. The highest BCUT2D eigenvalue weighted by atomic mass is 16.5. The van der Waals surface area contributed by atoms with Crippen molar-refractivity contribution in [2.24, 2.45) is 0 Å². The van der Waals surface area contributed by atoms with Crippen molar-refractivity contribution < 1.29 is 14.3 Å². The van der Waals surface area contributed by atoms with Crippen LogP contribution in [-0.4, -0.2) is 46.2 Å². The monoisotopic (exact) mass is 406 g/mol. The van der Waals surface area contributed by atoms with Crippen molar-refractivity contribution in [3.05, 3.63) is 59.7 Å². The number of aromatic nitrogens is 3. The van der Waals surface area contributed by atoms with Crippen LogP contribution >= 0.6 is 0 Å². The Morgan fingerprint density at radius 3 is 2.87 bits per heavy atom. The van der Waals surface area contributed by atoms with Gasteiger partial charge in [0.1, 0.15) is 0 Å². The van der Waals surface area contributed by atoms with Gasteiger partial charge in [-0.05, 0) is 61.6 Å². The lowest BCUT2D eigenvalue weighted by Gasteiger charge is -2.25. The summed E-state index contributed by atoms with van der Waals surface area (Å²) in [5.41, 5.74) is 5.20. The van der Waals surface area contributed by atoms with E-state index < -0.39 is 0 Å². The van der Waals surface area contributed by atoms with E-state index in [1.54, 1.807) is 13.3 Å². The number of nitrogens with one attached hydrogen (secondary N) is 1. The number of carbonyl (C=O) groups is 1. The molecule has 0 bridgehead atoms. The number of nitrogens with zero attached hydrogens (tertiary/aromatic N) is 3. The maximum absolute atomic E-state index is 13.0. The lowest BCUT2D eigenvalue weighted by molar-refractivity contribution is -0.134. The highest BCUT2D eigenvalue weighted by molar-refractivity contribution is 5.79. The fourth-order valence-corrected chi connectivity index (χ4v) is 4.02. The number of methoxy groups -OCH3 is 1. The molecule has 7 heteroatoms. The van der Waals surface area contributed by atoms with Crippen molar-refractivity contribution in [2.75, 3.05) is 20.3 Å². The summed E-state index contributed by atoms with van der Waals surface area (Å²) in [7, 11) is 1.60. The molecular formula is C23H26N4O3.